The quantitative estimate of drug-likeness (QED) is 0.489. The Labute approximate surface area is 101 Å². The lowest BCUT2D eigenvalue weighted by atomic mass is 10.2. The summed E-state index contributed by atoms with van der Waals surface area (Å²) in [5.74, 6) is 0.270. The van der Waals surface area contributed by atoms with Crippen LogP contribution in [0, 0.1) is 0 Å². The summed E-state index contributed by atoms with van der Waals surface area (Å²) in [6.45, 7) is 8.00. The van der Waals surface area contributed by atoms with E-state index in [9.17, 15) is 0 Å². The van der Waals surface area contributed by atoms with E-state index < -0.39 is 0 Å². The summed E-state index contributed by atoms with van der Waals surface area (Å²) in [5, 5.41) is 13.0. The van der Waals surface area contributed by atoms with Gasteiger partial charge in [0.25, 0.3) is 0 Å². The first-order valence-corrected chi connectivity index (χ1v) is 6.01. The van der Waals surface area contributed by atoms with Gasteiger partial charge >= 0.3 is 0 Å². The molecular formula is C12H23N2OP. The van der Waals surface area contributed by atoms with Crippen molar-refractivity contribution in [2.75, 3.05) is 7.05 Å². The van der Waals surface area contributed by atoms with Crippen LogP contribution in [0.5, 0.6) is 5.75 Å². The van der Waals surface area contributed by atoms with Crippen molar-refractivity contribution in [3.8, 4) is 5.75 Å². The first kappa shape index (κ1) is 17.3. The van der Waals surface area contributed by atoms with Crippen molar-refractivity contribution in [1.82, 2.24) is 4.78 Å². The van der Waals surface area contributed by atoms with Gasteiger partial charge in [0.2, 0.25) is 0 Å². The van der Waals surface area contributed by atoms with Crippen LogP contribution in [0.3, 0.4) is 0 Å². The zero-order chi connectivity index (χ0) is 13.0. The number of hydrogen-bond acceptors (Lipinski definition) is 3. The third kappa shape index (κ3) is 9.47. The van der Waals surface area contributed by atoms with Gasteiger partial charge in [-0.25, -0.2) is 0 Å². The normalized spacial score (nSPS) is 8.62. The van der Waals surface area contributed by atoms with Crippen molar-refractivity contribution in [2.45, 2.75) is 27.7 Å². The summed E-state index contributed by atoms with van der Waals surface area (Å²) >= 11 is 0. The molecule has 0 radical (unpaired) electrons. The van der Waals surface area contributed by atoms with Gasteiger partial charge in [-0.3, -0.25) is 4.78 Å². The molecule has 1 aromatic rings. The third-order valence-corrected chi connectivity index (χ3v) is 1.42. The maximum Gasteiger partial charge on any atom is 0.115 e. The summed E-state index contributed by atoms with van der Waals surface area (Å²) < 4.78 is 1.63. The van der Waals surface area contributed by atoms with E-state index in [1.807, 2.05) is 34.7 Å². The molecule has 0 aliphatic rings. The van der Waals surface area contributed by atoms with Gasteiger partial charge in [0.05, 0.1) is 6.21 Å². The van der Waals surface area contributed by atoms with E-state index in [4.69, 9.17) is 5.11 Å². The molecule has 0 bridgehead atoms. The van der Waals surface area contributed by atoms with Crippen LogP contribution in [0.25, 0.3) is 0 Å². The van der Waals surface area contributed by atoms with Crippen LogP contribution < -0.4 is 0 Å². The van der Waals surface area contributed by atoms with Gasteiger partial charge in [-0.05, 0) is 39.2 Å². The molecular weight excluding hydrogens is 219 g/mol. The number of phenolic OH excluding ortho intramolecular Hbond substituents is 1. The largest absolute Gasteiger partial charge is 0.508 e. The van der Waals surface area contributed by atoms with Crippen molar-refractivity contribution >= 4 is 15.6 Å². The molecule has 0 saturated carbocycles. The number of benzene rings is 1. The Morgan fingerprint density at radius 1 is 1.12 bits per heavy atom. The predicted molar refractivity (Wildman–Crippen MR) is 75.9 cm³/mol. The van der Waals surface area contributed by atoms with Crippen molar-refractivity contribution in [1.29, 1.82) is 0 Å². The highest BCUT2D eigenvalue weighted by Crippen LogP contribution is 2.08. The molecule has 3 nitrogen and oxygen atoms in total. The number of rotatable bonds is 2. The Kier molecular flexibility index (Phi) is 13.0. The molecule has 0 aromatic heterocycles. The van der Waals surface area contributed by atoms with Crippen molar-refractivity contribution in [2.24, 2.45) is 5.10 Å². The van der Waals surface area contributed by atoms with E-state index in [0.717, 1.165) is 5.56 Å². The van der Waals surface area contributed by atoms with E-state index in [1.165, 1.54) is 0 Å². The molecule has 1 N–H and O–H groups in total. The third-order valence-electron chi connectivity index (χ3n) is 1.28. The van der Waals surface area contributed by atoms with Crippen molar-refractivity contribution in [3.63, 3.8) is 0 Å². The lowest BCUT2D eigenvalue weighted by Gasteiger charge is -2.01. The van der Waals surface area contributed by atoms with Gasteiger partial charge in [0.15, 0.2) is 0 Å². The number of nitrogens with zero attached hydrogens (tertiary/aromatic N) is 2. The van der Waals surface area contributed by atoms with E-state index in [1.54, 1.807) is 35.3 Å². The van der Waals surface area contributed by atoms with Crippen LogP contribution in [0.2, 0.25) is 0 Å². The second kappa shape index (κ2) is 12.0. The average molecular weight is 242 g/mol. The van der Waals surface area contributed by atoms with E-state index in [-0.39, 0.29) is 5.75 Å². The molecule has 0 fully saturated rings. The minimum Gasteiger partial charge on any atom is -0.508 e. The average Bonchev–Trinajstić information content (AvgIpc) is 2.33. The summed E-state index contributed by atoms with van der Waals surface area (Å²) in [6, 6.07) is 6.86. The van der Waals surface area contributed by atoms with Crippen LogP contribution >= 0.6 is 9.39 Å². The molecule has 1 aromatic carbocycles. The maximum atomic E-state index is 8.98. The summed E-state index contributed by atoms with van der Waals surface area (Å²) in [5.41, 5.74) is 0.960. The van der Waals surface area contributed by atoms with Crippen LogP contribution in [0.4, 0.5) is 0 Å². The lowest BCUT2D eigenvalue weighted by molar-refractivity contribution is 0.475. The molecule has 0 aliphatic heterocycles. The summed E-state index contributed by atoms with van der Waals surface area (Å²) in [6.07, 6.45) is 1.71. The number of phenols is 1. The Balaban J connectivity index is 0. The summed E-state index contributed by atoms with van der Waals surface area (Å²) in [7, 11) is 4.25. The maximum absolute atomic E-state index is 8.98. The monoisotopic (exact) mass is 242 g/mol. The van der Waals surface area contributed by atoms with E-state index in [2.05, 4.69) is 14.5 Å². The van der Waals surface area contributed by atoms with Gasteiger partial charge in [-0.2, -0.15) is 5.10 Å². The Morgan fingerprint density at radius 3 is 1.94 bits per heavy atom. The molecule has 0 heterocycles. The zero-order valence-electron chi connectivity index (χ0n) is 10.8. The molecule has 0 spiro atoms. The number of hydrogen-bond donors (Lipinski definition) is 1. The molecule has 1 unspecified atom stereocenters. The Bertz CT molecular complexity index is 271. The Hall–Kier alpha value is -1.08. The number of hydrazone groups is 1. The fraction of sp³-hybridized carbons (Fsp3) is 0.417. The molecule has 1 rings (SSSR count). The zero-order valence-corrected chi connectivity index (χ0v) is 12.0. The van der Waals surface area contributed by atoms with E-state index >= 15 is 0 Å². The second-order valence-corrected chi connectivity index (χ2v) is 3.16. The molecule has 4 heteroatoms. The molecule has 0 amide bonds. The second-order valence-electron chi connectivity index (χ2n) is 2.41. The lowest BCUT2D eigenvalue weighted by Crippen LogP contribution is -1.92. The standard InChI is InChI=1S/C8H11N2OP.2C2H6/c1-10(12)9-6-7-2-4-8(11)5-3-7;2*1-2/h2-6,11H,12H2,1H3;2*1-2H3/b9-6+;;. The van der Waals surface area contributed by atoms with Gasteiger partial charge < -0.3 is 5.11 Å². The number of aromatic hydroxyl groups is 1. The molecule has 0 aliphatic carbocycles. The van der Waals surface area contributed by atoms with E-state index in [0.29, 0.717) is 0 Å². The van der Waals surface area contributed by atoms with Gasteiger partial charge in [0, 0.05) is 7.05 Å². The molecule has 16 heavy (non-hydrogen) atoms. The van der Waals surface area contributed by atoms with Gasteiger partial charge in [0.1, 0.15) is 5.75 Å². The van der Waals surface area contributed by atoms with Gasteiger partial charge in [-0.1, -0.05) is 27.7 Å². The Morgan fingerprint density at radius 2 is 1.56 bits per heavy atom. The predicted octanol–water partition coefficient (Wildman–Crippen LogP) is 3.50. The van der Waals surface area contributed by atoms with Crippen LogP contribution in [0.1, 0.15) is 33.3 Å². The highest BCUT2D eigenvalue weighted by Gasteiger charge is 1.88. The minimum atomic E-state index is 0.270. The fourth-order valence-electron chi connectivity index (χ4n) is 0.718. The minimum absolute atomic E-state index is 0.270. The van der Waals surface area contributed by atoms with Crippen LogP contribution in [0.15, 0.2) is 29.4 Å². The highest BCUT2D eigenvalue weighted by molar-refractivity contribution is 7.13. The first-order valence-electron chi connectivity index (χ1n) is 5.50. The first-order chi connectivity index (χ1) is 7.68. The van der Waals surface area contributed by atoms with Crippen molar-refractivity contribution < 1.29 is 5.11 Å². The smallest absolute Gasteiger partial charge is 0.115 e. The SMILES string of the molecule is CC.CC.CN(P)/N=C/c1ccc(O)cc1. The fourth-order valence-corrected chi connectivity index (χ4v) is 0.785. The van der Waals surface area contributed by atoms with Crippen molar-refractivity contribution in [3.05, 3.63) is 29.8 Å². The van der Waals surface area contributed by atoms with Crippen LogP contribution in [-0.4, -0.2) is 23.1 Å². The summed E-state index contributed by atoms with van der Waals surface area (Å²) in [4.78, 5) is 0. The topological polar surface area (TPSA) is 35.8 Å². The highest BCUT2D eigenvalue weighted by atomic mass is 31.0. The molecule has 1 atom stereocenters. The van der Waals surface area contributed by atoms with Gasteiger partial charge in [-0.15, -0.1) is 0 Å². The molecule has 92 valence electrons. The molecule has 0 saturated heterocycles. The van der Waals surface area contributed by atoms with Crippen LogP contribution in [-0.2, 0) is 0 Å².